The summed E-state index contributed by atoms with van der Waals surface area (Å²) in [7, 11) is 1.57. The van der Waals surface area contributed by atoms with E-state index in [1.165, 1.54) is 12.1 Å². The number of amides is 1. The second-order valence-electron chi connectivity index (χ2n) is 9.00. The van der Waals surface area contributed by atoms with Gasteiger partial charge in [-0.1, -0.05) is 19.9 Å². The van der Waals surface area contributed by atoms with Gasteiger partial charge in [-0.15, -0.1) is 0 Å². The van der Waals surface area contributed by atoms with Crippen molar-refractivity contribution in [2.75, 3.05) is 32.1 Å². The van der Waals surface area contributed by atoms with Gasteiger partial charge in [0, 0.05) is 13.1 Å². The first-order valence-corrected chi connectivity index (χ1v) is 11.0. The van der Waals surface area contributed by atoms with Gasteiger partial charge in [-0.05, 0) is 67.6 Å². The minimum atomic E-state index is -1.02. The maximum absolute atomic E-state index is 13.3. The molecule has 7 heteroatoms. The third-order valence-electron chi connectivity index (χ3n) is 5.73. The highest BCUT2D eigenvalue weighted by molar-refractivity contribution is 5.93. The summed E-state index contributed by atoms with van der Waals surface area (Å²) in [4.78, 5) is 14.7. The van der Waals surface area contributed by atoms with Crippen LogP contribution in [0, 0.1) is 18.7 Å². The smallest absolute Gasteiger partial charge is 0.238 e. The van der Waals surface area contributed by atoms with Gasteiger partial charge in [0.15, 0.2) is 0 Å². The van der Waals surface area contributed by atoms with Gasteiger partial charge in [-0.2, -0.15) is 0 Å². The van der Waals surface area contributed by atoms with Crippen molar-refractivity contribution in [3.05, 3.63) is 53.8 Å². The van der Waals surface area contributed by atoms with Crippen molar-refractivity contribution in [3.63, 3.8) is 0 Å². The normalized spacial score (nSPS) is 21.4. The number of hydrogen-bond acceptors (Lipinski definition) is 5. The fourth-order valence-electron chi connectivity index (χ4n) is 4.23. The number of hydrogen-bond donors (Lipinski definition) is 2. The molecule has 1 amide bonds. The van der Waals surface area contributed by atoms with E-state index >= 15 is 0 Å². The number of rotatable bonds is 8. The lowest BCUT2D eigenvalue weighted by molar-refractivity contribution is -0.129. The number of nitrogens with one attached hydrogen (secondary N) is 1. The topological polar surface area (TPSA) is 71.0 Å². The minimum absolute atomic E-state index is 0.163. The van der Waals surface area contributed by atoms with Crippen LogP contribution in [0.3, 0.4) is 0 Å². The number of carbonyl (C=O) groups excluding carboxylic acids is 1. The highest BCUT2D eigenvalue weighted by Gasteiger charge is 2.43. The standard InChI is InChI=1S/C25H33FN2O4/c1-17(2)14-25(30)11-12-28(15-23(25)32-20-8-6-19(26)7-9-20)16-24(29)27-21-13-18(3)5-10-22(21)31-4/h5-10,13,17,23,30H,11-12,14-16H2,1-4H3,(H,27,29)/t23-,25+/m0/s1. The predicted octanol–water partition coefficient (Wildman–Crippen LogP) is 4.01. The van der Waals surface area contributed by atoms with Gasteiger partial charge in [0.25, 0.3) is 0 Å². The van der Waals surface area contributed by atoms with Crippen LogP contribution in [0.15, 0.2) is 42.5 Å². The Balaban J connectivity index is 1.69. The molecule has 6 nitrogen and oxygen atoms in total. The number of nitrogens with zero attached hydrogens (tertiary/aromatic N) is 1. The Labute approximate surface area is 189 Å². The molecule has 32 heavy (non-hydrogen) atoms. The van der Waals surface area contributed by atoms with Crippen molar-refractivity contribution in [2.45, 2.75) is 45.3 Å². The summed E-state index contributed by atoms with van der Waals surface area (Å²) in [6, 6.07) is 11.4. The Bertz CT molecular complexity index is 919. The summed E-state index contributed by atoms with van der Waals surface area (Å²) in [5.74, 6) is 0.871. The number of piperidine rings is 1. The fourth-order valence-corrected chi connectivity index (χ4v) is 4.23. The first-order valence-electron chi connectivity index (χ1n) is 11.0. The monoisotopic (exact) mass is 444 g/mol. The third-order valence-corrected chi connectivity index (χ3v) is 5.73. The van der Waals surface area contributed by atoms with Crippen LogP contribution in [0.5, 0.6) is 11.5 Å². The van der Waals surface area contributed by atoms with Crippen molar-refractivity contribution >= 4 is 11.6 Å². The van der Waals surface area contributed by atoms with Crippen LogP contribution in [0.1, 0.15) is 32.3 Å². The number of ether oxygens (including phenoxy) is 2. The van der Waals surface area contributed by atoms with Gasteiger partial charge in [-0.25, -0.2) is 4.39 Å². The molecule has 2 aromatic carbocycles. The summed E-state index contributed by atoms with van der Waals surface area (Å²) < 4.78 is 24.7. The molecule has 1 aliphatic rings. The number of aryl methyl sites for hydroxylation is 1. The van der Waals surface area contributed by atoms with E-state index in [0.29, 0.717) is 43.1 Å². The van der Waals surface area contributed by atoms with E-state index in [4.69, 9.17) is 9.47 Å². The van der Waals surface area contributed by atoms with E-state index in [2.05, 4.69) is 19.2 Å². The number of methoxy groups -OCH3 is 1. The molecule has 1 heterocycles. The zero-order valence-electron chi connectivity index (χ0n) is 19.2. The first-order chi connectivity index (χ1) is 15.2. The lowest BCUT2D eigenvalue weighted by Crippen LogP contribution is -2.59. The zero-order valence-corrected chi connectivity index (χ0v) is 19.2. The summed E-state index contributed by atoms with van der Waals surface area (Å²) in [5, 5.41) is 14.3. The molecule has 3 rings (SSSR count). The molecule has 1 aliphatic heterocycles. The maximum Gasteiger partial charge on any atom is 0.238 e. The average Bonchev–Trinajstić information content (AvgIpc) is 2.72. The SMILES string of the molecule is COc1ccc(C)cc1NC(=O)CN1CC[C@@](O)(CC(C)C)[C@@H](Oc2ccc(F)cc2)C1. The molecule has 0 aromatic heterocycles. The fraction of sp³-hybridized carbons (Fsp3) is 0.480. The Morgan fingerprint density at radius 3 is 2.66 bits per heavy atom. The molecule has 1 saturated heterocycles. The van der Waals surface area contributed by atoms with Crippen LogP contribution in [0.2, 0.25) is 0 Å². The predicted molar refractivity (Wildman–Crippen MR) is 123 cm³/mol. The van der Waals surface area contributed by atoms with E-state index in [1.807, 2.05) is 30.0 Å². The molecule has 1 fully saturated rings. The van der Waals surface area contributed by atoms with Crippen LogP contribution in [0.4, 0.5) is 10.1 Å². The number of halogens is 1. The quantitative estimate of drug-likeness (QED) is 0.644. The molecular weight excluding hydrogens is 411 g/mol. The van der Waals surface area contributed by atoms with Gasteiger partial charge in [0.05, 0.1) is 19.3 Å². The van der Waals surface area contributed by atoms with E-state index < -0.39 is 11.7 Å². The van der Waals surface area contributed by atoms with Crippen molar-refractivity contribution in [1.82, 2.24) is 4.90 Å². The third kappa shape index (κ3) is 6.20. The molecule has 2 atom stereocenters. The van der Waals surface area contributed by atoms with Crippen molar-refractivity contribution < 1.29 is 23.8 Å². The van der Waals surface area contributed by atoms with Crippen LogP contribution >= 0.6 is 0 Å². The number of likely N-dealkylation sites (tertiary alicyclic amines) is 1. The molecule has 0 unspecified atom stereocenters. The van der Waals surface area contributed by atoms with Gasteiger partial charge < -0.3 is 19.9 Å². The highest BCUT2D eigenvalue weighted by Crippen LogP contribution is 2.32. The number of aliphatic hydroxyl groups is 1. The van der Waals surface area contributed by atoms with Crippen LogP contribution in [-0.4, -0.2) is 54.4 Å². The Morgan fingerprint density at radius 2 is 2.00 bits per heavy atom. The Hall–Kier alpha value is -2.64. The average molecular weight is 445 g/mol. The van der Waals surface area contributed by atoms with Gasteiger partial charge >= 0.3 is 0 Å². The highest BCUT2D eigenvalue weighted by atomic mass is 19.1. The lowest BCUT2D eigenvalue weighted by atomic mass is 9.81. The molecule has 2 N–H and O–H groups in total. The second kappa shape index (κ2) is 10.3. The summed E-state index contributed by atoms with van der Waals surface area (Å²) in [6.07, 6.45) is 0.530. The Morgan fingerprint density at radius 1 is 1.28 bits per heavy atom. The second-order valence-corrected chi connectivity index (χ2v) is 9.00. The summed E-state index contributed by atoms with van der Waals surface area (Å²) in [5.41, 5.74) is 0.630. The van der Waals surface area contributed by atoms with Gasteiger partial charge in [0.1, 0.15) is 29.0 Å². The van der Waals surface area contributed by atoms with Gasteiger partial charge in [-0.3, -0.25) is 9.69 Å². The molecule has 0 bridgehead atoms. The number of anilines is 1. The van der Waals surface area contributed by atoms with Crippen LogP contribution in [-0.2, 0) is 4.79 Å². The number of benzene rings is 2. The molecule has 174 valence electrons. The first kappa shape index (κ1) is 24.0. The van der Waals surface area contributed by atoms with E-state index in [9.17, 15) is 14.3 Å². The van der Waals surface area contributed by atoms with Crippen LogP contribution in [0.25, 0.3) is 0 Å². The Kier molecular flexibility index (Phi) is 7.74. The van der Waals surface area contributed by atoms with Crippen molar-refractivity contribution in [1.29, 1.82) is 0 Å². The molecule has 0 spiro atoms. The molecule has 0 aliphatic carbocycles. The van der Waals surface area contributed by atoms with Crippen molar-refractivity contribution in [2.24, 2.45) is 5.92 Å². The number of carbonyl (C=O) groups is 1. The minimum Gasteiger partial charge on any atom is -0.495 e. The lowest BCUT2D eigenvalue weighted by Gasteiger charge is -2.45. The summed E-state index contributed by atoms with van der Waals surface area (Å²) in [6.45, 7) is 7.19. The van der Waals surface area contributed by atoms with Crippen molar-refractivity contribution in [3.8, 4) is 11.5 Å². The summed E-state index contributed by atoms with van der Waals surface area (Å²) >= 11 is 0. The molecule has 0 saturated carbocycles. The van der Waals surface area contributed by atoms with E-state index in [-0.39, 0.29) is 24.2 Å². The van der Waals surface area contributed by atoms with Gasteiger partial charge in [0.2, 0.25) is 5.91 Å². The largest absolute Gasteiger partial charge is 0.495 e. The maximum atomic E-state index is 13.3. The van der Waals surface area contributed by atoms with E-state index in [1.54, 1.807) is 19.2 Å². The molecule has 2 aromatic rings. The zero-order chi connectivity index (χ0) is 23.3. The van der Waals surface area contributed by atoms with E-state index in [0.717, 1.165) is 5.56 Å². The molecule has 0 radical (unpaired) electrons. The van der Waals surface area contributed by atoms with Crippen LogP contribution < -0.4 is 14.8 Å². The molecular formula is C25H33FN2O4.